The quantitative estimate of drug-likeness (QED) is 0.327. The molecule has 0 amide bonds. The summed E-state index contributed by atoms with van der Waals surface area (Å²) >= 11 is 0. The van der Waals surface area contributed by atoms with Gasteiger partial charge in [0, 0.05) is 24.5 Å². The van der Waals surface area contributed by atoms with Gasteiger partial charge in [0.05, 0.1) is 0 Å². The van der Waals surface area contributed by atoms with Gasteiger partial charge in [-0.2, -0.15) is 0 Å². The van der Waals surface area contributed by atoms with Gasteiger partial charge in [-0.1, -0.05) is 155 Å². The van der Waals surface area contributed by atoms with E-state index < -0.39 is 24.4 Å². The van der Waals surface area contributed by atoms with Gasteiger partial charge in [-0.15, -0.1) is 24.4 Å². The Morgan fingerprint density at radius 3 is 1.09 bits per heavy atom. The van der Waals surface area contributed by atoms with Crippen LogP contribution in [0.2, 0.25) is 0 Å². The average Bonchev–Trinajstić information content (AvgIpc) is 2.98. The number of aryl methyl sites for hydroxylation is 2. The molecule has 0 aromatic heterocycles. The van der Waals surface area contributed by atoms with Crippen molar-refractivity contribution in [2.45, 2.75) is 182 Å². The van der Waals surface area contributed by atoms with Gasteiger partial charge in [0.1, 0.15) is 0 Å². The van der Waals surface area contributed by atoms with Gasteiger partial charge < -0.3 is 36.1 Å². The van der Waals surface area contributed by atoms with Crippen LogP contribution in [0.3, 0.4) is 0 Å². The number of nitrogens with zero attached hydrogens (tertiary/aromatic N) is 2. The largest absolute Gasteiger partial charge is 4.00 e. The molecule has 0 bridgehead atoms. The van der Waals surface area contributed by atoms with Crippen LogP contribution < -0.4 is 30.6 Å². The normalized spacial score (nSPS) is 20.1. The molecule has 2 aliphatic carbocycles. The molecule has 0 saturated heterocycles. The van der Waals surface area contributed by atoms with Crippen molar-refractivity contribution >= 4 is 12.4 Å². The Kier molecular flexibility index (Phi) is 27.9. The van der Waals surface area contributed by atoms with Crippen LogP contribution >= 0.6 is 0 Å². The van der Waals surface area contributed by atoms with E-state index in [0.717, 1.165) is 60.8 Å². The fourth-order valence-electron chi connectivity index (χ4n) is 5.76. The van der Waals surface area contributed by atoms with Crippen LogP contribution in [0.25, 0.3) is 0 Å². The molecule has 11 heteroatoms. The van der Waals surface area contributed by atoms with Crippen molar-refractivity contribution in [3.05, 3.63) is 57.6 Å². The number of benzene rings is 2. The second-order valence-corrected chi connectivity index (χ2v) is 16.4. The van der Waals surface area contributed by atoms with Crippen LogP contribution in [0.1, 0.15) is 154 Å². The molecule has 0 aliphatic heterocycles. The zero-order chi connectivity index (χ0) is 38.4. The van der Waals surface area contributed by atoms with E-state index in [9.17, 15) is 30.6 Å². The summed E-state index contributed by atoms with van der Waals surface area (Å²) < 4.78 is 0. The van der Waals surface area contributed by atoms with Crippen molar-refractivity contribution in [1.82, 2.24) is 0 Å². The molecule has 2 aliphatic rings. The number of hydrogen-bond acceptors (Lipinski definition) is 8. The van der Waals surface area contributed by atoms with Gasteiger partial charge in [0.25, 0.3) is 0 Å². The Hall–Kier alpha value is -1.39. The third-order valence-electron chi connectivity index (χ3n) is 8.29. The van der Waals surface area contributed by atoms with E-state index >= 15 is 0 Å². The van der Waals surface area contributed by atoms with Crippen molar-refractivity contribution in [2.75, 3.05) is 0 Å². The van der Waals surface area contributed by atoms with Crippen molar-refractivity contribution in [3.63, 3.8) is 0 Å². The molecule has 2 saturated carbocycles. The van der Waals surface area contributed by atoms with E-state index in [4.69, 9.17) is 0 Å². The third kappa shape index (κ3) is 21.5. The van der Waals surface area contributed by atoms with E-state index in [0.29, 0.717) is 24.0 Å². The molecule has 53 heavy (non-hydrogen) atoms. The molecular weight excluding hydrogens is 740 g/mol. The molecule has 2 aromatic carbocycles. The molecular formula is C42H64N2O7Ti2. The van der Waals surface area contributed by atoms with E-state index in [-0.39, 0.29) is 83.3 Å². The van der Waals surface area contributed by atoms with Crippen LogP contribution in [0.5, 0.6) is 11.5 Å². The predicted octanol–water partition coefficient (Wildman–Crippen LogP) is 4.30. The Morgan fingerprint density at radius 2 is 0.849 bits per heavy atom. The minimum atomic E-state index is -0.614. The first kappa shape index (κ1) is 55.9. The molecule has 0 unspecified atom stereocenters. The van der Waals surface area contributed by atoms with Crippen LogP contribution in [0, 0.1) is 13.8 Å². The van der Waals surface area contributed by atoms with Crippen molar-refractivity contribution in [2.24, 2.45) is 9.98 Å². The molecule has 9 nitrogen and oxygen atoms in total. The fourth-order valence-corrected chi connectivity index (χ4v) is 5.76. The molecule has 0 N–H and O–H groups in total. The van der Waals surface area contributed by atoms with Gasteiger partial charge >= 0.3 is 43.4 Å². The van der Waals surface area contributed by atoms with Crippen molar-refractivity contribution < 1.29 is 79.6 Å². The molecule has 2 fully saturated rings. The summed E-state index contributed by atoms with van der Waals surface area (Å²) in [6.07, 6.45) is 8.43. The van der Waals surface area contributed by atoms with Crippen LogP contribution in [-0.4, -0.2) is 48.9 Å². The maximum atomic E-state index is 12.6. The summed E-state index contributed by atoms with van der Waals surface area (Å²) in [6.45, 7) is 22.7. The zero-order valence-corrected chi connectivity index (χ0v) is 37.5. The van der Waals surface area contributed by atoms with Crippen LogP contribution in [-0.2, 0) is 59.7 Å². The van der Waals surface area contributed by atoms with E-state index in [2.05, 4.69) is 9.98 Å². The summed E-state index contributed by atoms with van der Waals surface area (Å²) in [5.41, 5.74) is 4.59. The van der Waals surface area contributed by atoms with E-state index in [1.165, 1.54) is 0 Å². The SMILES string of the molecule is CC(C)[O-].CC(C)[O-].Cc1cc(C=N[C@@H]2CCCC[C@H]2[O-])c([O-])c(C(C)(C)C)c1.Cc1cc(C=N[C@H]2CCCC[C@@H]2[O-])c([O-])c(C(C)(C)C)c1.[O-2].[Ti+4].[Ti+4]. The number of aliphatic imine (C=N–C) groups is 2. The summed E-state index contributed by atoms with van der Waals surface area (Å²) in [5.74, 6) is 0.0743. The monoisotopic (exact) mass is 804 g/mol. The smallest absolute Gasteiger partial charge is 2.00 e. The van der Waals surface area contributed by atoms with Crippen LogP contribution in [0.4, 0.5) is 0 Å². The molecule has 4 rings (SSSR count). The molecule has 0 spiro atoms. The predicted molar refractivity (Wildman–Crippen MR) is 197 cm³/mol. The minimum absolute atomic E-state index is 0. The van der Waals surface area contributed by atoms with Gasteiger partial charge in [-0.05, 0) is 59.8 Å². The molecule has 0 heterocycles. The molecule has 2 aromatic rings. The minimum Gasteiger partial charge on any atom is -2.00 e. The van der Waals surface area contributed by atoms with Crippen LogP contribution in [0.15, 0.2) is 34.3 Å². The topological polar surface area (TPSA) is 192 Å². The molecule has 292 valence electrons. The summed E-state index contributed by atoms with van der Waals surface area (Å²) in [4.78, 5) is 8.84. The van der Waals surface area contributed by atoms with E-state index in [1.807, 2.05) is 79.7 Å². The molecule has 4 atom stereocenters. The van der Waals surface area contributed by atoms with Gasteiger partial charge in [-0.3, -0.25) is 9.98 Å². The van der Waals surface area contributed by atoms with Crippen molar-refractivity contribution in [3.8, 4) is 11.5 Å². The van der Waals surface area contributed by atoms with E-state index in [1.54, 1.807) is 40.1 Å². The maximum Gasteiger partial charge on any atom is 4.00 e. The number of rotatable bonds is 4. The maximum absolute atomic E-state index is 12.6. The standard InChI is InChI=1S/2C18H26NO2.2C3H7O.O.2Ti/c2*1-12-9-13(17(21)14(10-12)18(2,3)4)11-19-15-7-5-6-8-16(15)20;2*1-3(2)4;;;/h2*9-11,15-16,21H,5-8H2,1-4H3;2*3H,1-2H3;;;/q4*-1;-2;2*+4/p-2/t2*15-,16-;;;;;/m10...../s1. The first-order chi connectivity index (χ1) is 23.0. The Balaban J connectivity index is -0.000000749. The van der Waals surface area contributed by atoms with Gasteiger partial charge in [-0.25, -0.2) is 0 Å². The average molecular weight is 805 g/mol. The second kappa shape index (κ2) is 26.5. The summed E-state index contributed by atoms with van der Waals surface area (Å²) in [6, 6.07) is 7.30. The molecule has 0 radical (unpaired) electrons. The zero-order valence-electron chi connectivity index (χ0n) is 34.3. The number of hydrogen-bond donors (Lipinski definition) is 0. The first-order valence-corrected chi connectivity index (χ1v) is 18.4. The summed E-state index contributed by atoms with van der Waals surface area (Å²) in [7, 11) is 0. The van der Waals surface area contributed by atoms with Crippen molar-refractivity contribution in [1.29, 1.82) is 0 Å². The second-order valence-electron chi connectivity index (χ2n) is 16.4. The summed E-state index contributed by atoms with van der Waals surface area (Å²) in [5, 5.41) is 67.9. The third-order valence-corrected chi connectivity index (χ3v) is 8.29. The Morgan fingerprint density at radius 1 is 0.585 bits per heavy atom. The first-order valence-electron chi connectivity index (χ1n) is 18.4. The Bertz CT molecular complexity index is 1260. The Labute approximate surface area is 350 Å². The van der Waals surface area contributed by atoms with Gasteiger partial charge in [0.2, 0.25) is 0 Å². The van der Waals surface area contributed by atoms with Gasteiger partial charge in [0.15, 0.2) is 0 Å². The fraction of sp³-hybridized carbons (Fsp3) is 0.667.